The van der Waals surface area contributed by atoms with Crippen LogP contribution in [-0.4, -0.2) is 37.1 Å². The molecule has 1 saturated heterocycles. The number of esters is 1. The molecule has 190 valence electrons. The molecule has 1 aliphatic heterocycles. The van der Waals surface area contributed by atoms with Crippen LogP contribution in [0.4, 0.5) is 5.69 Å². The summed E-state index contributed by atoms with van der Waals surface area (Å²) in [4.78, 5) is 38.6. The minimum Gasteiger partial charge on any atom is -0.493 e. The number of nitrogens with one attached hydrogen (secondary N) is 1. The molecule has 0 saturated carbocycles. The topological polar surface area (TPSA) is 107 Å². The monoisotopic (exact) mass is 560 g/mol. The van der Waals surface area contributed by atoms with E-state index in [1.165, 1.54) is 26.4 Å². The van der Waals surface area contributed by atoms with Gasteiger partial charge in [-0.1, -0.05) is 35.3 Å². The third kappa shape index (κ3) is 5.46. The summed E-state index contributed by atoms with van der Waals surface area (Å²) in [6.45, 7) is 0.0154. The summed E-state index contributed by atoms with van der Waals surface area (Å²) >= 11 is 17.6. The molecule has 0 aliphatic carbocycles. The molecular formula is C25H18Cl2N2O7S. The Hall–Kier alpha value is -3.86. The van der Waals surface area contributed by atoms with Crippen LogP contribution in [0.1, 0.15) is 21.9 Å². The van der Waals surface area contributed by atoms with E-state index in [-0.39, 0.29) is 38.8 Å². The number of anilines is 1. The Labute approximate surface area is 226 Å². The van der Waals surface area contributed by atoms with Crippen molar-refractivity contribution >= 4 is 70.1 Å². The average Bonchev–Trinajstić information content (AvgIpc) is 3.36. The highest BCUT2D eigenvalue weighted by Gasteiger charge is 2.35. The summed E-state index contributed by atoms with van der Waals surface area (Å²) in [5, 5.41) is 2.73. The van der Waals surface area contributed by atoms with Crippen molar-refractivity contribution in [3.05, 3.63) is 81.2 Å². The standard InChI is InChI=1S/C25H18Cl2N2O7S/c1-33-20-11-13(6-8-18(20)35-12-14-7-9-19(36-14)24(32)34-2)10-15-22(30)28-25(37)29(23(15)31)17-5-3-4-16(26)21(17)27/h3-11H,12H2,1-2H3,(H,28,30,37). The van der Waals surface area contributed by atoms with Crippen molar-refractivity contribution in [1.29, 1.82) is 0 Å². The second-order valence-electron chi connectivity index (χ2n) is 7.49. The molecule has 3 aromatic rings. The van der Waals surface area contributed by atoms with Gasteiger partial charge in [0.1, 0.15) is 17.9 Å². The number of amides is 2. The Bertz CT molecular complexity index is 1450. The number of ether oxygens (including phenoxy) is 3. The Balaban J connectivity index is 1.58. The number of thiocarbonyl (C=S) groups is 1. The first-order valence-corrected chi connectivity index (χ1v) is 11.7. The number of carbonyl (C=O) groups excluding carboxylic acids is 3. The first kappa shape index (κ1) is 26.2. The molecule has 0 unspecified atom stereocenters. The van der Waals surface area contributed by atoms with E-state index in [4.69, 9.17) is 49.3 Å². The van der Waals surface area contributed by atoms with E-state index in [1.54, 1.807) is 42.5 Å². The van der Waals surface area contributed by atoms with Gasteiger partial charge in [-0.05, 0) is 60.3 Å². The maximum atomic E-state index is 13.3. The average molecular weight is 561 g/mol. The Morgan fingerprint density at radius 2 is 1.89 bits per heavy atom. The molecule has 2 aromatic carbocycles. The summed E-state index contributed by atoms with van der Waals surface area (Å²) in [6, 6.07) is 12.7. The molecule has 12 heteroatoms. The molecule has 1 aromatic heterocycles. The number of nitrogens with zero attached hydrogens (tertiary/aromatic N) is 1. The van der Waals surface area contributed by atoms with E-state index in [2.05, 4.69) is 10.1 Å². The fourth-order valence-electron chi connectivity index (χ4n) is 3.42. The lowest BCUT2D eigenvalue weighted by molar-refractivity contribution is -0.122. The zero-order valence-corrected chi connectivity index (χ0v) is 21.7. The number of halogens is 2. The SMILES string of the molecule is COC(=O)c1ccc(COc2ccc(C=C3C(=O)NC(=S)N(c4cccc(Cl)c4Cl)C3=O)cc2OC)o1. The van der Waals surface area contributed by atoms with Gasteiger partial charge in [-0.2, -0.15) is 0 Å². The molecule has 0 atom stereocenters. The maximum Gasteiger partial charge on any atom is 0.373 e. The predicted octanol–water partition coefficient (Wildman–Crippen LogP) is 4.79. The van der Waals surface area contributed by atoms with E-state index in [9.17, 15) is 14.4 Å². The van der Waals surface area contributed by atoms with Gasteiger partial charge in [0.05, 0.1) is 30.0 Å². The van der Waals surface area contributed by atoms with Gasteiger partial charge in [-0.3, -0.25) is 19.8 Å². The fourth-order valence-corrected chi connectivity index (χ4v) is 4.07. The minimum absolute atomic E-state index is 0.0154. The Morgan fingerprint density at radius 3 is 2.62 bits per heavy atom. The van der Waals surface area contributed by atoms with Crippen LogP contribution in [0, 0.1) is 0 Å². The van der Waals surface area contributed by atoms with Gasteiger partial charge in [-0.25, -0.2) is 4.79 Å². The predicted molar refractivity (Wildman–Crippen MR) is 140 cm³/mol. The molecule has 2 heterocycles. The lowest BCUT2D eigenvalue weighted by atomic mass is 10.1. The third-order valence-electron chi connectivity index (χ3n) is 5.19. The van der Waals surface area contributed by atoms with Crippen LogP contribution in [0.25, 0.3) is 6.08 Å². The van der Waals surface area contributed by atoms with Crippen LogP contribution in [0.2, 0.25) is 10.0 Å². The lowest BCUT2D eigenvalue weighted by Crippen LogP contribution is -2.54. The molecule has 37 heavy (non-hydrogen) atoms. The first-order chi connectivity index (χ1) is 17.7. The molecule has 0 spiro atoms. The first-order valence-electron chi connectivity index (χ1n) is 10.6. The summed E-state index contributed by atoms with van der Waals surface area (Å²) in [5.41, 5.74) is 0.551. The Kier molecular flexibility index (Phi) is 7.82. The quantitative estimate of drug-likeness (QED) is 0.190. The zero-order valence-electron chi connectivity index (χ0n) is 19.4. The molecule has 4 rings (SSSR count). The van der Waals surface area contributed by atoms with Gasteiger partial charge in [0.25, 0.3) is 11.8 Å². The molecule has 2 amide bonds. The fraction of sp³-hybridized carbons (Fsp3) is 0.120. The number of hydrogen-bond donors (Lipinski definition) is 1. The van der Waals surface area contributed by atoms with Gasteiger partial charge in [-0.15, -0.1) is 0 Å². The van der Waals surface area contributed by atoms with Crippen LogP contribution >= 0.6 is 35.4 Å². The minimum atomic E-state index is -0.670. The third-order valence-corrected chi connectivity index (χ3v) is 6.28. The summed E-state index contributed by atoms with van der Waals surface area (Å²) < 4.78 is 21.2. The van der Waals surface area contributed by atoms with Crippen molar-refractivity contribution in [1.82, 2.24) is 5.32 Å². The number of hydrogen-bond acceptors (Lipinski definition) is 8. The van der Waals surface area contributed by atoms with Crippen molar-refractivity contribution in [3.63, 3.8) is 0 Å². The molecule has 9 nitrogen and oxygen atoms in total. The van der Waals surface area contributed by atoms with E-state index in [0.29, 0.717) is 22.8 Å². The smallest absolute Gasteiger partial charge is 0.373 e. The van der Waals surface area contributed by atoms with Crippen LogP contribution in [0.5, 0.6) is 11.5 Å². The molecule has 1 fully saturated rings. The van der Waals surface area contributed by atoms with E-state index >= 15 is 0 Å². The summed E-state index contributed by atoms with van der Waals surface area (Å²) in [7, 11) is 2.70. The highest BCUT2D eigenvalue weighted by Crippen LogP contribution is 2.35. The molecule has 0 bridgehead atoms. The van der Waals surface area contributed by atoms with Crippen molar-refractivity contribution in [3.8, 4) is 11.5 Å². The summed E-state index contributed by atoms with van der Waals surface area (Å²) in [5.74, 6) is -0.776. The van der Waals surface area contributed by atoms with Crippen molar-refractivity contribution in [2.24, 2.45) is 0 Å². The van der Waals surface area contributed by atoms with Gasteiger partial charge in [0.15, 0.2) is 16.6 Å². The number of furan rings is 1. The molecule has 0 radical (unpaired) electrons. The number of rotatable bonds is 7. The normalized spacial score (nSPS) is 14.5. The van der Waals surface area contributed by atoms with Crippen LogP contribution < -0.4 is 19.7 Å². The highest BCUT2D eigenvalue weighted by atomic mass is 35.5. The highest BCUT2D eigenvalue weighted by molar-refractivity contribution is 7.80. The Morgan fingerprint density at radius 1 is 1.11 bits per heavy atom. The number of benzene rings is 2. The van der Waals surface area contributed by atoms with Gasteiger partial charge < -0.3 is 18.6 Å². The zero-order chi connectivity index (χ0) is 26.7. The van der Waals surface area contributed by atoms with Crippen molar-refractivity contribution in [2.45, 2.75) is 6.61 Å². The molecular weight excluding hydrogens is 543 g/mol. The van der Waals surface area contributed by atoms with Crippen LogP contribution in [-0.2, 0) is 20.9 Å². The lowest BCUT2D eigenvalue weighted by Gasteiger charge is -2.29. The van der Waals surface area contributed by atoms with Crippen LogP contribution in [0.3, 0.4) is 0 Å². The largest absolute Gasteiger partial charge is 0.493 e. The van der Waals surface area contributed by atoms with Crippen molar-refractivity contribution < 1.29 is 33.0 Å². The van der Waals surface area contributed by atoms with Gasteiger partial charge >= 0.3 is 5.97 Å². The number of methoxy groups -OCH3 is 2. The second kappa shape index (κ2) is 11.0. The second-order valence-corrected chi connectivity index (χ2v) is 8.66. The van der Waals surface area contributed by atoms with Gasteiger partial charge in [0.2, 0.25) is 5.76 Å². The van der Waals surface area contributed by atoms with E-state index in [0.717, 1.165) is 4.90 Å². The van der Waals surface area contributed by atoms with E-state index in [1.807, 2.05) is 0 Å². The van der Waals surface area contributed by atoms with Crippen LogP contribution in [0.15, 0.2) is 58.5 Å². The number of carbonyl (C=O) groups is 3. The molecule has 1 aliphatic rings. The maximum absolute atomic E-state index is 13.3. The van der Waals surface area contributed by atoms with Crippen molar-refractivity contribution in [2.75, 3.05) is 19.1 Å². The van der Waals surface area contributed by atoms with Gasteiger partial charge in [0, 0.05) is 0 Å². The van der Waals surface area contributed by atoms with E-state index < -0.39 is 17.8 Å². The summed E-state index contributed by atoms with van der Waals surface area (Å²) in [6.07, 6.45) is 1.40. The molecule has 1 N–H and O–H groups in total.